The van der Waals surface area contributed by atoms with E-state index in [1.54, 1.807) is 38.6 Å². The number of rotatable bonds is 9. The number of aromatic hydroxyl groups is 1. The molecule has 0 saturated carbocycles. The van der Waals surface area contributed by atoms with Crippen LogP contribution in [-0.2, 0) is 12.0 Å². The number of hydrogen-bond acceptors (Lipinski definition) is 5. The van der Waals surface area contributed by atoms with Crippen molar-refractivity contribution in [1.29, 1.82) is 0 Å². The number of phenolic OH excluding ortho intramolecular Hbond substituents is 1. The fraction of sp³-hybridized carbons (Fsp3) is 0.167. The molecule has 0 saturated heterocycles. The SMILES string of the molecule is COc1ccccc1C(O)(c1ccccc1OC)C(Cc1ccccc1)N=Cc1ccccc1O. The predicted octanol–water partition coefficient (Wildman–Crippen LogP) is 5.38. The van der Waals surface area contributed by atoms with Gasteiger partial charge in [-0.3, -0.25) is 4.99 Å². The van der Waals surface area contributed by atoms with Gasteiger partial charge in [-0.05, 0) is 36.2 Å². The summed E-state index contributed by atoms with van der Waals surface area (Å²) in [5.74, 6) is 1.20. The molecule has 0 aliphatic carbocycles. The molecule has 0 heterocycles. The molecule has 0 aliphatic rings. The Balaban J connectivity index is 1.96. The largest absolute Gasteiger partial charge is 0.507 e. The summed E-state index contributed by atoms with van der Waals surface area (Å²) in [6.07, 6.45) is 2.04. The highest BCUT2D eigenvalue weighted by Crippen LogP contribution is 2.44. The van der Waals surface area contributed by atoms with Crippen molar-refractivity contribution in [3.05, 3.63) is 125 Å². The van der Waals surface area contributed by atoms with Crippen molar-refractivity contribution in [1.82, 2.24) is 0 Å². The summed E-state index contributed by atoms with van der Waals surface area (Å²) in [7, 11) is 3.16. The van der Waals surface area contributed by atoms with Crippen LogP contribution in [0, 0.1) is 0 Å². The van der Waals surface area contributed by atoms with E-state index in [0.717, 1.165) is 5.56 Å². The molecule has 0 aromatic heterocycles. The lowest BCUT2D eigenvalue weighted by Gasteiger charge is -2.37. The van der Waals surface area contributed by atoms with Gasteiger partial charge in [0.15, 0.2) is 0 Å². The third-order valence-electron chi connectivity index (χ3n) is 6.12. The van der Waals surface area contributed by atoms with Crippen molar-refractivity contribution >= 4 is 6.21 Å². The zero-order chi connectivity index (χ0) is 24.7. The molecule has 35 heavy (non-hydrogen) atoms. The second-order valence-electron chi connectivity index (χ2n) is 8.21. The van der Waals surface area contributed by atoms with Crippen LogP contribution in [0.2, 0.25) is 0 Å². The predicted molar refractivity (Wildman–Crippen MR) is 139 cm³/mol. The number of hydrogen-bond donors (Lipinski definition) is 2. The van der Waals surface area contributed by atoms with Crippen molar-refractivity contribution in [2.75, 3.05) is 14.2 Å². The topological polar surface area (TPSA) is 71.3 Å². The molecule has 1 unspecified atom stereocenters. The van der Waals surface area contributed by atoms with Crippen molar-refractivity contribution in [2.45, 2.75) is 18.1 Å². The van der Waals surface area contributed by atoms with E-state index in [0.29, 0.717) is 34.6 Å². The molecular formula is C30H29NO4. The van der Waals surface area contributed by atoms with Gasteiger partial charge in [0.1, 0.15) is 22.8 Å². The third kappa shape index (κ3) is 5.05. The molecule has 0 fully saturated rings. The molecule has 0 amide bonds. The van der Waals surface area contributed by atoms with Crippen LogP contribution in [0.15, 0.2) is 108 Å². The number of aliphatic imine (C=N–C) groups is 1. The van der Waals surface area contributed by atoms with Gasteiger partial charge in [-0.1, -0.05) is 78.9 Å². The van der Waals surface area contributed by atoms with E-state index in [-0.39, 0.29) is 5.75 Å². The summed E-state index contributed by atoms with van der Waals surface area (Å²) < 4.78 is 11.4. The van der Waals surface area contributed by atoms with E-state index in [1.165, 1.54) is 0 Å². The standard InChI is InChI=1S/C30H29NO4/c1-34-27-18-10-7-15-24(27)30(33,25-16-8-11-19-28(25)35-2)29(20-22-12-4-3-5-13-22)31-21-23-14-6-9-17-26(23)32/h3-19,21,29,32-33H,20H2,1-2H3. The average Bonchev–Trinajstić information content (AvgIpc) is 2.92. The molecule has 0 aliphatic heterocycles. The van der Waals surface area contributed by atoms with Gasteiger partial charge in [-0.2, -0.15) is 0 Å². The van der Waals surface area contributed by atoms with E-state index in [1.807, 2.05) is 84.9 Å². The molecule has 0 radical (unpaired) electrons. The number of para-hydroxylation sites is 3. The van der Waals surface area contributed by atoms with E-state index in [9.17, 15) is 10.2 Å². The van der Waals surface area contributed by atoms with Gasteiger partial charge in [-0.25, -0.2) is 0 Å². The van der Waals surface area contributed by atoms with Crippen LogP contribution in [0.25, 0.3) is 0 Å². The normalized spacial score (nSPS) is 12.4. The van der Waals surface area contributed by atoms with Crippen LogP contribution in [0.1, 0.15) is 22.3 Å². The molecule has 5 nitrogen and oxygen atoms in total. The molecule has 4 rings (SSSR count). The smallest absolute Gasteiger partial charge is 0.144 e. The van der Waals surface area contributed by atoms with Crippen LogP contribution >= 0.6 is 0 Å². The number of methoxy groups -OCH3 is 2. The highest BCUT2D eigenvalue weighted by molar-refractivity contribution is 5.83. The molecule has 1 atom stereocenters. The van der Waals surface area contributed by atoms with Crippen molar-refractivity contribution in [3.63, 3.8) is 0 Å². The Labute approximate surface area is 206 Å². The van der Waals surface area contributed by atoms with Gasteiger partial charge < -0.3 is 19.7 Å². The highest BCUT2D eigenvalue weighted by atomic mass is 16.5. The Morgan fingerprint density at radius 3 is 1.83 bits per heavy atom. The number of ether oxygens (including phenoxy) is 2. The third-order valence-corrected chi connectivity index (χ3v) is 6.12. The van der Waals surface area contributed by atoms with Gasteiger partial charge in [0.25, 0.3) is 0 Å². The highest BCUT2D eigenvalue weighted by Gasteiger charge is 2.44. The quantitative estimate of drug-likeness (QED) is 0.325. The van der Waals surface area contributed by atoms with Crippen LogP contribution in [0.3, 0.4) is 0 Å². The first-order chi connectivity index (χ1) is 17.1. The molecule has 178 valence electrons. The summed E-state index contributed by atoms with van der Waals surface area (Å²) in [5, 5.41) is 23.0. The summed E-state index contributed by atoms with van der Waals surface area (Å²) >= 11 is 0. The minimum Gasteiger partial charge on any atom is -0.507 e. The zero-order valence-corrected chi connectivity index (χ0v) is 19.8. The second kappa shape index (κ2) is 10.9. The average molecular weight is 468 g/mol. The molecule has 2 N–H and O–H groups in total. The molecule has 0 spiro atoms. The van der Waals surface area contributed by atoms with Crippen molar-refractivity contribution in [3.8, 4) is 17.2 Å². The first kappa shape index (κ1) is 24.0. The fourth-order valence-electron chi connectivity index (χ4n) is 4.34. The minimum atomic E-state index is -1.62. The maximum atomic E-state index is 12.7. The van der Waals surface area contributed by atoms with Gasteiger partial charge in [-0.15, -0.1) is 0 Å². The van der Waals surface area contributed by atoms with Gasteiger partial charge >= 0.3 is 0 Å². The van der Waals surface area contributed by atoms with Crippen LogP contribution in [0.4, 0.5) is 0 Å². The van der Waals surface area contributed by atoms with E-state index >= 15 is 0 Å². The number of phenols is 1. The van der Waals surface area contributed by atoms with Gasteiger partial charge in [0.05, 0.1) is 20.3 Å². The Bertz CT molecular complexity index is 1240. The monoisotopic (exact) mass is 467 g/mol. The lowest BCUT2D eigenvalue weighted by molar-refractivity contribution is 0.0478. The zero-order valence-electron chi connectivity index (χ0n) is 19.8. The van der Waals surface area contributed by atoms with E-state index < -0.39 is 11.6 Å². The minimum absolute atomic E-state index is 0.118. The van der Waals surface area contributed by atoms with Crippen LogP contribution < -0.4 is 9.47 Å². The van der Waals surface area contributed by atoms with Gasteiger partial charge in [0, 0.05) is 22.9 Å². The van der Waals surface area contributed by atoms with Crippen molar-refractivity contribution in [2.24, 2.45) is 4.99 Å². The number of benzene rings is 4. The number of aliphatic hydroxyl groups is 1. The Morgan fingerprint density at radius 1 is 0.743 bits per heavy atom. The molecular weight excluding hydrogens is 438 g/mol. The van der Waals surface area contributed by atoms with E-state index in [2.05, 4.69) is 0 Å². The van der Waals surface area contributed by atoms with Crippen LogP contribution in [0.5, 0.6) is 17.2 Å². The summed E-state index contributed by atoms with van der Waals surface area (Å²) in [6.45, 7) is 0. The first-order valence-corrected chi connectivity index (χ1v) is 11.4. The maximum absolute atomic E-state index is 12.7. The summed E-state index contributed by atoms with van der Waals surface area (Å²) in [6, 6.07) is 31.0. The summed E-state index contributed by atoms with van der Waals surface area (Å²) in [4.78, 5) is 4.88. The van der Waals surface area contributed by atoms with Gasteiger partial charge in [0.2, 0.25) is 0 Å². The van der Waals surface area contributed by atoms with E-state index in [4.69, 9.17) is 14.5 Å². The number of nitrogens with zero attached hydrogens (tertiary/aromatic N) is 1. The Morgan fingerprint density at radius 2 is 1.26 bits per heavy atom. The Hall–Kier alpha value is -4.09. The lowest BCUT2D eigenvalue weighted by atomic mass is 9.77. The first-order valence-electron chi connectivity index (χ1n) is 11.4. The fourth-order valence-corrected chi connectivity index (χ4v) is 4.34. The van der Waals surface area contributed by atoms with Crippen LogP contribution in [-0.4, -0.2) is 36.7 Å². The Kier molecular flexibility index (Phi) is 7.48. The molecule has 0 bridgehead atoms. The maximum Gasteiger partial charge on any atom is 0.144 e. The molecule has 4 aromatic rings. The van der Waals surface area contributed by atoms with Crippen molar-refractivity contribution < 1.29 is 19.7 Å². The summed E-state index contributed by atoms with van der Waals surface area (Å²) in [5.41, 5.74) is 1.10. The molecule has 5 heteroatoms. The lowest BCUT2D eigenvalue weighted by Crippen LogP contribution is -2.42. The second-order valence-corrected chi connectivity index (χ2v) is 8.21. The molecule has 4 aromatic carbocycles.